The molecule has 0 amide bonds. The summed E-state index contributed by atoms with van der Waals surface area (Å²) in [6.07, 6.45) is 8.47. The van der Waals surface area contributed by atoms with E-state index in [2.05, 4.69) is 23.8 Å². The predicted octanol–water partition coefficient (Wildman–Crippen LogP) is 2.50. The first-order valence-electron chi connectivity index (χ1n) is 10.2. The molecule has 3 aromatic rings. The van der Waals surface area contributed by atoms with Gasteiger partial charge in [-0.15, -0.1) is 0 Å². The number of aryl methyl sites for hydroxylation is 2. The second kappa shape index (κ2) is 13.0. The molecule has 0 aliphatic heterocycles. The number of rotatable bonds is 6. The third kappa shape index (κ3) is 7.44. The molecule has 0 unspecified atom stereocenters. The Bertz CT molecular complexity index is 1100. The Labute approximate surface area is 181 Å². The van der Waals surface area contributed by atoms with Crippen molar-refractivity contribution in [1.29, 1.82) is 0 Å². The molecule has 0 saturated heterocycles. The lowest BCUT2D eigenvalue weighted by Gasteiger charge is -2.08. The van der Waals surface area contributed by atoms with E-state index in [4.69, 9.17) is 0 Å². The van der Waals surface area contributed by atoms with Gasteiger partial charge < -0.3 is 9.36 Å². The minimum atomic E-state index is -0.371. The summed E-state index contributed by atoms with van der Waals surface area (Å²) >= 11 is 0. The van der Waals surface area contributed by atoms with Crippen LogP contribution in [0.1, 0.15) is 56.8 Å². The molecule has 0 N–H and O–H groups in total. The lowest BCUT2D eigenvalue weighted by Crippen LogP contribution is -2.39. The number of ketones is 1. The Morgan fingerprint density at radius 1 is 1.16 bits per heavy atom. The average molecular weight is 430 g/mol. The van der Waals surface area contributed by atoms with Crippen LogP contribution in [0, 0.1) is 0 Å². The highest BCUT2D eigenvalue weighted by Gasteiger charge is 2.14. The second-order valence-electron chi connectivity index (χ2n) is 7.10. The zero-order chi connectivity index (χ0) is 23.4. The van der Waals surface area contributed by atoms with Gasteiger partial charge in [-0.1, -0.05) is 20.3 Å². The van der Waals surface area contributed by atoms with Crippen molar-refractivity contribution in [2.75, 3.05) is 0 Å². The van der Waals surface area contributed by atoms with Crippen LogP contribution in [-0.4, -0.2) is 35.7 Å². The normalized spacial score (nSPS) is 9.97. The maximum absolute atomic E-state index is 12.3. The number of aromatic nitrogens is 5. The Balaban J connectivity index is 0.000000361. The molecule has 3 aromatic heterocycles. The van der Waals surface area contributed by atoms with Crippen molar-refractivity contribution in [3.63, 3.8) is 0 Å². The predicted molar refractivity (Wildman–Crippen MR) is 120 cm³/mol. The van der Waals surface area contributed by atoms with Crippen LogP contribution in [0.5, 0.6) is 0 Å². The van der Waals surface area contributed by atoms with Crippen molar-refractivity contribution < 1.29 is 9.59 Å². The molecular weight excluding hydrogens is 398 g/mol. The molecule has 0 spiro atoms. The number of unbranched alkanes of at least 4 members (excludes halogenated alkanes) is 1. The van der Waals surface area contributed by atoms with Gasteiger partial charge in [-0.05, 0) is 31.9 Å². The van der Waals surface area contributed by atoms with Crippen molar-refractivity contribution in [2.24, 2.45) is 14.1 Å². The molecule has 168 valence electrons. The Hall–Kier alpha value is -3.36. The van der Waals surface area contributed by atoms with Crippen LogP contribution in [0.2, 0.25) is 0 Å². The molecule has 0 atom stereocenters. The number of hydrogen-bond acceptors (Lipinski definition) is 6. The van der Waals surface area contributed by atoms with Crippen LogP contribution in [0.25, 0.3) is 11.2 Å². The molecule has 0 bridgehead atoms. The summed E-state index contributed by atoms with van der Waals surface area (Å²) in [6, 6.07) is 3.43. The molecule has 9 heteroatoms. The quantitative estimate of drug-likeness (QED) is 0.440. The zero-order valence-corrected chi connectivity index (χ0v) is 18.9. The number of carbonyl (C=O) groups excluding carboxylic acids is 2. The monoisotopic (exact) mass is 429 g/mol. The van der Waals surface area contributed by atoms with E-state index in [1.54, 1.807) is 37.0 Å². The number of hydrogen-bond donors (Lipinski definition) is 0. The fourth-order valence-electron chi connectivity index (χ4n) is 2.68. The average Bonchev–Trinajstić information content (AvgIpc) is 3.15. The first-order chi connectivity index (χ1) is 14.8. The van der Waals surface area contributed by atoms with Gasteiger partial charge in [-0.2, -0.15) is 0 Å². The summed E-state index contributed by atoms with van der Waals surface area (Å²) in [7, 11) is 3.32. The number of fused-ring (bicyclic) bond motifs is 1. The molecule has 0 saturated carbocycles. The fourth-order valence-corrected chi connectivity index (χ4v) is 2.68. The largest absolute Gasteiger partial charge is 0.332 e. The summed E-state index contributed by atoms with van der Waals surface area (Å²) in [5.41, 5.74) is 0.726. The standard InChI is InChI=1S/C13H18N4O3.C6H5NO.C3H8/c1-9(18)6-4-5-7-17-12(19)10-11(14-8-15(10)2)16(3)13(17)20;8-5-6-2-1-3-7-4-6;1-3-2/h8H,4-7H2,1-3H3;1-5H;3H2,1-2H3. The third-order valence-corrected chi connectivity index (χ3v) is 4.18. The second-order valence-corrected chi connectivity index (χ2v) is 7.10. The summed E-state index contributed by atoms with van der Waals surface area (Å²) in [5, 5.41) is 0. The molecule has 3 rings (SSSR count). The van der Waals surface area contributed by atoms with E-state index < -0.39 is 0 Å². The minimum absolute atomic E-state index is 0.118. The highest BCUT2D eigenvalue weighted by Crippen LogP contribution is 2.04. The Morgan fingerprint density at radius 3 is 2.35 bits per heavy atom. The summed E-state index contributed by atoms with van der Waals surface area (Å²) in [4.78, 5) is 53.1. The molecule has 0 radical (unpaired) electrons. The van der Waals surface area contributed by atoms with E-state index in [0.29, 0.717) is 42.5 Å². The maximum atomic E-state index is 12.3. The molecule has 0 fully saturated rings. The van der Waals surface area contributed by atoms with E-state index >= 15 is 0 Å². The minimum Gasteiger partial charge on any atom is -0.328 e. The number of Topliss-reactive ketones (excluding diaryl/α,β-unsaturated/α-hetero) is 1. The van der Waals surface area contributed by atoms with Gasteiger partial charge in [0, 0.05) is 45.0 Å². The molecule has 3 heterocycles. The highest BCUT2D eigenvalue weighted by molar-refractivity contribution is 5.75. The van der Waals surface area contributed by atoms with E-state index in [9.17, 15) is 19.2 Å². The SMILES string of the molecule is CC(=O)CCCCn1c(=O)c2c(ncn2C)n(C)c1=O.CCC.O=Cc1cccnc1. The Kier molecular flexibility index (Phi) is 10.8. The van der Waals surface area contributed by atoms with Gasteiger partial charge in [-0.3, -0.25) is 23.7 Å². The van der Waals surface area contributed by atoms with Crippen LogP contribution in [0.15, 0.2) is 40.4 Å². The van der Waals surface area contributed by atoms with Gasteiger partial charge in [0.05, 0.1) is 6.33 Å². The maximum Gasteiger partial charge on any atom is 0.332 e. The lowest BCUT2D eigenvalue weighted by molar-refractivity contribution is -0.117. The van der Waals surface area contributed by atoms with Gasteiger partial charge in [0.15, 0.2) is 17.5 Å². The van der Waals surface area contributed by atoms with E-state index in [1.807, 2.05) is 0 Å². The highest BCUT2D eigenvalue weighted by atomic mass is 16.2. The van der Waals surface area contributed by atoms with Gasteiger partial charge >= 0.3 is 5.69 Å². The van der Waals surface area contributed by atoms with Crippen LogP contribution in [-0.2, 0) is 25.4 Å². The molecule has 0 aliphatic rings. The van der Waals surface area contributed by atoms with Gasteiger partial charge in [-0.25, -0.2) is 9.78 Å². The number of pyridine rings is 1. The molecule has 0 aromatic carbocycles. The van der Waals surface area contributed by atoms with Crippen molar-refractivity contribution in [1.82, 2.24) is 23.7 Å². The van der Waals surface area contributed by atoms with Crippen molar-refractivity contribution in [3.8, 4) is 0 Å². The first-order valence-corrected chi connectivity index (χ1v) is 10.2. The smallest absolute Gasteiger partial charge is 0.328 e. The van der Waals surface area contributed by atoms with Crippen LogP contribution < -0.4 is 11.2 Å². The summed E-state index contributed by atoms with van der Waals surface area (Å²) in [6.45, 7) is 6.10. The van der Waals surface area contributed by atoms with E-state index in [1.165, 1.54) is 35.0 Å². The number of imidazole rings is 1. The molecule has 9 nitrogen and oxygen atoms in total. The van der Waals surface area contributed by atoms with Crippen molar-refractivity contribution in [3.05, 3.63) is 57.3 Å². The van der Waals surface area contributed by atoms with Crippen molar-refractivity contribution in [2.45, 2.75) is 53.0 Å². The fraction of sp³-hybridized carbons (Fsp3) is 0.455. The molecule has 31 heavy (non-hydrogen) atoms. The topological polar surface area (TPSA) is 109 Å². The van der Waals surface area contributed by atoms with Gasteiger partial charge in [0.1, 0.15) is 5.78 Å². The molecular formula is C22H31N5O4. The zero-order valence-electron chi connectivity index (χ0n) is 18.9. The van der Waals surface area contributed by atoms with E-state index in [-0.39, 0.29) is 17.0 Å². The van der Waals surface area contributed by atoms with Gasteiger partial charge in [0.25, 0.3) is 5.56 Å². The van der Waals surface area contributed by atoms with Crippen LogP contribution in [0.4, 0.5) is 0 Å². The number of carbonyl (C=O) groups is 2. The van der Waals surface area contributed by atoms with Crippen molar-refractivity contribution >= 4 is 23.2 Å². The lowest BCUT2D eigenvalue weighted by atomic mass is 10.2. The first kappa shape index (κ1) is 25.7. The third-order valence-electron chi connectivity index (χ3n) is 4.18. The van der Waals surface area contributed by atoms with Crippen LogP contribution >= 0.6 is 0 Å². The van der Waals surface area contributed by atoms with Crippen LogP contribution in [0.3, 0.4) is 0 Å². The summed E-state index contributed by atoms with van der Waals surface area (Å²) in [5.74, 6) is 0.118. The molecule has 0 aliphatic carbocycles. The Morgan fingerprint density at radius 2 is 1.84 bits per heavy atom. The number of nitrogens with zero attached hydrogens (tertiary/aromatic N) is 5. The van der Waals surface area contributed by atoms with E-state index in [0.717, 1.165) is 6.29 Å². The van der Waals surface area contributed by atoms with Gasteiger partial charge in [0.2, 0.25) is 0 Å². The number of aldehydes is 1. The summed E-state index contributed by atoms with van der Waals surface area (Å²) < 4.78 is 4.20.